The molecule has 4 nitrogen and oxygen atoms in total. The van der Waals surface area contributed by atoms with Gasteiger partial charge in [0.25, 0.3) is 0 Å². The van der Waals surface area contributed by atoms with E-state index in [0.29, 0.717) is 5.58 Å². The van der Waals surface area contributed by atoms with Crippen LogP contribution >= 0.6 is 0 Å². The van der Waals surface area contributed by atoms with Crippen LogP contribution in [0.4, 0.5) is 0 Å². The second-order valence-corrected chi connectivity index (χ2v) is 7.27. The Balaban J connectivity index is 1.89. The minimum Gasteiger partial charge on any atom is -0.423 e. The first kappa shape index (κ1) is 16.2. The van der Waals surface area contributed by atoms with Crippen LogP contribution in [0.1, 0.15) is 36.5 Å². The maximum absolute atomic E-state index is 11.9. The topological polar surface area (TPSA) is 53.7 Å². The van der Waals surface area contributed by atoms with Crippen molar-refractivity contribution in [2.24, 2.45) is 5.41 Å². The summed E-state index contributed by atoms with van der Waals surface area (Å²) >= 11 is 0. The van der Waals surface area contributed by atoms with Crippen molar-refractivity contribution in [2.75, 3.05) is 19.7 Å². The van der Waals surface area contributed by atoms with Crippen molar-refractivity contribution in [3.63, 3.8) is 0 Å². The second-order valence-electron chi connectivity index (χ2n) is 7.27. The minimum atomic E-state index is -0.284. The van der Waals surface area contributed by atoms with E-state index in [4.69, 9.17) is 4.42 Å². The summed E-state index contributed by atoms with van der Waals surface area (Å²) in [4.78, 5) is 14.2. The third-order valence-corrected chi connectivity index (χ3v) is 5.28. The number of hydrogen-bond acceptors (Lipinski definition) is 4. The molecule has 0 radical (unpaired) electrons. The summed E-state index contributed by atoms with van der Waals surface area (Å²) in [6.07, 6.45) is 1.97. The first-order valence-corrected chi connectivity index (χ1v) is 8.27. The molecule has 1 fully saturated rings. The molecule has 23 heavy (non-hydrogen) atoms. The normalized spacial score (nSPS) is 18.4. The molecule has 0 bridgehead atoms. The van der Waals surface area contributed by atoms with E-state index in [0.717, 1.165) is 49.0 Å². The predicted molar refractivity (Wildman–Crippen MR) is 91.7 cm³/mol. The van der Waals surface area contributed by atoms with E-state index in [1.54, 1.807) is 6.07 Å². The predicted octanol–water partition coefficient (Wildman–Crippen LogP) is 3.00. The molecule has 1 aromatic heterocycles. The van der Waals surface area contributed by atoms with Gasteiger partial charge in [-0.3, -0.25) is 4.90 Å². The first-order valence-electron chi connectivity index (χ1n) is 8.27. The van der Waals surface area contributed by atoms with Gasteiger partial charge in [0.05, 0.1) is 0 Å². The molecular weight excluding hydrogens is 290 g/mol. The van der Waals surface area contributed by atoms with E-state index in [1.165, 1.54) is 5.56 Å². The molecule has 0 aliphatic carbocycles. The highest BCUT2D eigenvalue weighted by atomic mass is 16.4. The lowest BCUT2D eigenvalue weighted by Gasteiger charge is -2.38. The highest BCUT2D eigenvalue weighted by molar-refractivity contribution is 5.81. The molecule has 0 atom stereocenters. The largest absolute Gasteiger partial charge is 0.423 e. The van der Waals surface area contributed by atoms with E-state index < -0.39 is 0 Å². The van der Waals surface area contributed by atoms with Gasteiger partial charge in [0.2, 0.25) is 0 Å². The van der Waals surface area contributed by atoms with Crippen LogP contribution in [0.25, 0.3) is 11.0 Å². The monoisotopic (exact) mass is 315 g/mol. The number of rotatable bonds is 3. The van der Waals surface area contributed by atoms with Crippen molar-refractivity contribution in [3.05, 3.63) is 45.3 Å². The van der Waals surface area contributed by atoms with E-state index in [9.17, 15) is 9.90 Å². The third-order valence-electron chi connectivity index (χ3n) is 5.28. The molecule has 124 valence electrons. The van der Waals surface area contributed by atoms with Crippen LogP contribution in [0.2, 0.25) is 0 Å². The average Bonchev–Trinajstić information content (AvgIpc) is 2.52. The Morgan fingerprint density at radius 1 is 1.17 bits per heavy atom. The molecule has 0 unspecified atom stereocenters. The van der Waals surface area contributed by atoms with Gasteiger partial charge in [0.15, 0.2) is 0 Å². The van der Waals surface area contributed by atoms with Gasteiger partial charge in [-0.1, -0.05) is 6.92 Å². The lowest BCUT2D eigenvalue weighted by atomic mass is 9.81. The minimum absolute atomic E-state index is 0.0436. The zero-order chi connectivity index (χ0) is 16.6. The number of aryl methyl sites for hydroxylation is 2. The Kier molecular flexibility index (Phi) is 4.30. The van der Waals surface area contributed by atoms with Gasteiger partial charge >= 0.3 is 5.63 Å². The van der Waals surface area contributed by atoms with Crippen molar-refractivity contribution in [2.45, 2.75) is 40.2 Å². The van der Waals surface area contributed by atoms with Crippen LogP contribution in [-0.4, -0.2) is 29.7 Å². The zero-order valence-electron chi connectivity index (χ0n) is 14.2. The van der Waals surface area contributed by atoms with Gasteiger partial charge in [-0.05, 0) is 74.0 Å². The summed E-state index contributed by atoms with van der Waals surface area (Å²) in [5.74, 6) is 0. The van der Waals surface area contributed by atoms with E-state index >= 15 is 0 Å². The fraction of sp³-hybridized carbons (Fsp3) is 0.526. The highest BCUT2D eigenvalue weighted by Crippen LogP contribution is 2.31. The molecule has 2 aromatic rings. The van der Waals surface area contributed by atoms with Crippen LogP contribution in [0.5, 0.6) is 0 Å². The molecule has 0 spiro atoms. The lowest BCUT2D eigenvalue weighted by Crippen LogP contribution is -2.40. The van der Waals surface area contributed by atoms with Gasteiger partial charge in [0.1, 0.15) is 5.58 Å². The quantitative estimate of drug-likeness (QED) is 0.885. The highest BCUT2D eigenvalue weighted by Gasteiger charge is 2.29. The Morgan fingerprint density at radius 2 is 1.83 bits per heavy atom. The molecule has 4 heteroatoms. The number of piperidine rings is 1. The smallest absolute Gasteiger partial charge is 0.336 e. The summed E-state index contributed by atoms with van der Waals surface area (Å²) in [6, 6.07) is 5.69. The molecule has 1 aliphatic heterocycles. The summed E-state index contributed by atoms with van der Waals surface area (Å²) in [7, 11) is 0. The SMILES string of the molecule is Cc1cc2oc(=O)cc(CN3CCC(C)(CO)CC3)c2cc1C. The molecule has 0 amide bonds. The zero-order valence-corrected chi connectivity index (χ0v) is 14.2. The third kappa shape index (κ3) is 3.33. The van der Waals surface area contributed by atoms with Gasteiger partial charge in [0, 0.05) is 24.6 Å². The van der Waals surface area contributed by atoms with Crippen LogP contribution in [-0.2, 0) is 6.54 Å². The molecule has 1 N–H and O–H groups in total. The van der Waals surface area contributed by atoms with Crippen LogP contribution in [0.15, 0.2) is 27.4 Å². The first-order chi connectivity index (χ1) is 10.9. The number of fused-ring (bicyclic) bond motifs is 1. The standard InChI is InChI=1S/C19H25NO3/c1-13-8-16-15(10-18(22)23-17(16)9-14(13)2)11-20-6-4-19(3,12-21)5-7-20/h8-10,21H,4-7,11-12H2,1-3H3. The molecule has 1 saturated heterocycles. The van der Waals surface area contributed by atoms with Gasteiger partial charge in [-0.2, -0.15) is 0 Å². The number of aliphatic hydroxyl groups is 1. The molecule has 1 aliphatic rings. The number of hydrogen-bond donors (Lipinski definition) is 1. The van der Waals surface area contributed by atoms with Crippen molar-refractivity contribution in [1.29, 1.82) is 0 Å². The maximum atomic E-state index is 11.9. The Labute approximate surface area is 136 Å². The number of nitrogens with zero attached hydrogens (tertiary/aromatic N) is 1. The molecular formula is C19H25NO3. The second kappa shape index (κ2) is 6.10. The Morgan fingerprint density at radius 3 is 2.48 bits per heavy atom. The van der Waals surface area contributed by atoms with Gasteiger partial charge < -0.3 is 9.52 Å². The Hall–Kier alpha value is -1.65. The average molecular weight is 315 g/mol. The van der Waals surface area contributed by atoms with E-state index in [-0.39, 0.29) is 17.6 Å². The molecule has 2 heterocycles. The summed E-state index contributed by atoms with van der Waals surface area (Å²) < 4.78 is 5.37. The van der Waals surface area contributed by atoms with Crippen molar-refractivity contribution in [3.8, 4) is 0 Å². The van der Waals surface area contributed by atoms with Crippen LogP contribution in [0, 0.1) is 19.3 Å². The Bertz CT molecular complexity index is 770. The maximum Gasteiger partial charge on any atom is 0.336 e. The van der Waals surface area contributed by atoms with E-state index in [2.05, 4.69) is 24.8 Å². The van der Waals surface area contributed by atoms with Crippen LogP contribution in [0.3, 0.4) is 0 Å². The fourth-order valence-corrected chi connectivity index (χ4v) is 3.26. The van der Waals surface area contributed by atoms with E-state index in [1.807, 2.05) is 13.0 Å². The number of benzene rings is 1. The molecule has 3 rings (SSSR count). The van der Waals surface area contributed by atoms with Crippen molar-refractivity contribution >= 4 is 11.0 Å². The van der Waals surface area contributed by atoms with Crippen molar-refractivity contribution < 1.29 is 9.52 Å². The van der Waals surface area contributed by atoms with Crippen molar-refractivity contribution in [1.82, 2.24) is 4.90 Å². The molecule has 0 saturated carbocycles. The van der Waals surface area contributed by atoms with Crippen LogP contribution < -0.4 is 5.63 Å². The number of likely N-dealkylation sites (tertiary alicyclic amines) is 1. The van der Waals surface area contributed by atoms with Gasteiger partial charge in [-0.15, -0.1) is 0 Å². The molecule has 1 aromatic carbocycles. The number of aliphatic hydroxyl groups excluding tert-OH is 1. The fourth-order valence-electron chi connectivity index (χ4n) is 3.26. The lowest BCUT2D eigenvalue weighted by molar-refractivity contribution is 0.0558. The van der Waals surface area contributed by atoms with Gasteiger partial charge in [-0.25, -0.2) is 4.79 Å². The summed E-state index contributed by atoms with van der Waals surface area (Å²) in [5.41, 5.74) is 3.81. The summed E-state index contributed by atoms with van der Waals surface area (Å²) in [5, 5.41) is 10.5. The summed E-state index contributed by atoms with van der Waals surface area (Å²) in [6.45, 7) is 9.15.